The van der Waals surface area contributed by atoms with Gasteiger partial charge in [-0.1, -0.05) is 15.9 Å². The number of nitrogens with zero attached hydrogens (tertiary/aromatic N) is 2. The van der Waals surface area contributed by atoms with Gasteiger partial charge >= 0.3 is 5.69 Å². The zero-order valence-corrected chi connectivity index (χ0v) is 11.3. The zero-order chi connectivity index (χ0) is 14.0. The maximum Gasteiger partial charge on any atom is 0.347 e. The third-order valence-electron chi connectivity index (χ3n) is 2.75. The van der Waals surface area contributed by atoms with Gasteiger partial charge in [-0.25, -0.2) is 4.79 Å². The average molecular weight is 334 g/mol. The molecule has 0 aromatic carbocycles. The van der Waals surface area contributed by atoms with Crippen molar-refractivity contribution in [2.24, 2.45) is 0 Å². The van der Waals surface area contributed by atoms with Gasteiger partial charge in [0.15, 0.2) is 6.23 Å². The smallest absolute Gasteiger partial charge is 0.347 e. The van der Waals surface area contributed by atoms with Gasteiger partial charge in [-0.2, -0.15) is 9.78 Å². The van der Waals surface area contributed by atoms with E-state index in [4.69, 9.17) is 9.84 Å². The van der Waals surface area contributed by atoms with Crippen LogP contribution >= 0.6 is 15.9 Å². The molecule has 1 aliphatic heterocycles. The highest BCUT2D eigenvalue weighted by Gasteiger charge is 2.35. The molecule has 8 nitrogen and oxygen atoms in total. The minimum Gasteiger partial charge on any atom is -0.394 e. The summed E-state index contributed by atoms with van der Waals surface area (Å²) in [4.78, 5) is 26.7. The standard InChI is InChI=1S/C10H12BrN3O5/c11-2-1-5-9(17)12-10(18)14(13-5)8-3-6(16)7(4-15)19-8/h1-2,6-8,15-16H,3-4H2,(H,12,17,18)/b2-1+/t6-,7+,8-/m0/s1. The van der Waals surface area contributed by atoms with Gasteiger partial charge in [-0.3, -0.25) is 9.78 Å². The molecule has 0 radical (unpaired) electrons. The van der Waals surface area contributed by atoms with E-state index in [2.05, 4.69) is 26.0 Å². The minimum atomic E-state index is -0.884. The summed E-state index contributed by atoms with van der Waals surface area (Å²) in [5.41, 5.74) is -1.32. The molecule has 0 aliphatic carbocycles. The Morgan fingerprint density at radius 2 is 2.32 bits per heavy atom. The molecular weight excluding hydrogens is 322 g/mol. The van der Waals surface area contributed by atoms with Crippen LogP contribution < -0.4 is 11.2 Å². The molecule has 0 spiro atoms. The fourth-order valence-electron chi connectivity index (χ4n) is 1.82. The van der Waals surface area contributed by atoms with Crippen molar-refractivity contribution in [1.82, 2.24) is 14.8 Å². The number of hydrogen-bond acceptors (Lipinski definition) is 6. The highest BCUT2D eigenvalue weighted by molar-refractivity contribution is 9.11. The number of rotatable bonds is 3. The molecule has 9 heteroatoms. The highest BCUT2D eigenvalue weighted by Crippen LogP contribution is 2.26. The van der Waals surface area contributed by atoms with Crippen molar-refractivity contribution in [3.63, 3.8) is 0 Å². The van der Waals surface area contributed by atoms with Crippen LogP contribution in [0.1, 0.15) is 18.3 Å². The normalized spacial score (nSPS) is 27.2. The summed E-state index contributed by atoms with van der Waals surface area (Å²) >= 11 is 3.01. The maximum atomic E-state index is 11.7. The SMILES string of the molecule is O=c1[nH]c(=O)n([C@@H]2C[C@H](O)[C@@H](CO)O2)nc1/C=C/Br. The first-order valence-electron chi connectivity index (χ1n) is 5.51. The summed E-state index contributed by atoms with van der Waals surface area (Å²) in [6.45, 7) is -0.357. The fourth-order valence-corrected chi connectivity index (χ4v) is 2.07. The lowest BCUT2D eigenvalue weighted by Crippen LogP contribution is -2.36. The molecule has 2 rings (SSSR count). The molecule has 19 heavy (non-hydrogen) atoms. The van der Waals surface area contributed by atoms with Crippen LogP contribution in [-0.2, 0) is 4.74 Å². The Labute approximate surface area is 115 Å². The molecule has 0 bridgehead atoms. The van der Waals surface area contributed by atoms with Crippen LogP contribution in [0.15, 0.2) is 14.6 Å². The third-order valence-corrected chi connectivity index (χ3v) is 3.02. The number of aromatic nitrogens is 3. The molecule has 1 fully saturated rings. The number of aliphatic hydroxyl groups is 2. The lowest BCUT2D eigenvalue weighted by Gasteiger charge is -2.13. The van der Waals surface area contributed by atoms with Crippen molar-refractivity contribution in [2.75, 3.05) is 6.61 Å². The molecule has 104 valence electrons. The van der Waals surface area contributed by atoms with E-state index in [1.165, 1.54) is 11.1 Å². The second-order valence-electron chi connectivity index (χ2n) is 4.00. The second-order valence-corrected chi connectivity index (χ2v) is 4.53. The lowest BCUT2D eigenvalue weighted by molar-refractivity contribution is -0.0507. The molecule has 1 aromatic heterocycles. The summed E-state index contributed by atoms with van der Waals surface area (Å²) in [7, 11) is 0. The van der Waals surface area contributed by atoms with E-state index >= 15 is 0 Å². The van der Waals surface area contributed by atoms with Gasteiger partial charge in [0, 0.05) is 6.42 Å². The summed E-state index contributed by atoms with van der Waals surface area (Å²) < 4.78 is 6.25. The molecule has 3 atom stereocenters. The van der Waals surface area contributed by atoms with Crippen molar-refractivity contribution in [1.29, 1.82) is 0 Å². The monoisotopic (exact) mass is 333 g/mol. The Bertz CT molecular complexity index is 596. The van der Waals surface area contributed by atoms with E-state index in [1.54, 1.807) is 0 Å². The first kappa shape index (κ1) is 14.1. The van der Waals surface area contributed by atoms with E-state index in [9.17, 15) is 14.7 Å². The van der Waals surface area contributed by atoms with E-state index in [-0.39, 0.29) is 18.7 Å². The van der Waals surface area contributed by atoms with E-state index in [0.717, 1.165) is 4.68 Å². The molecule has 1 aromatic rings. The van der Waals surface area contributed by atoms with Crippen molar-refractivity contribution in [3.05, 3.63) is 31.5 Å². The van der Waals surface area contributed by atoms with Crippen molar-refractivity contribution < 1.29 is 14.9 Å². The average Bonchev–Trinajstić information content (AvgIpc) is 2.74. The van der Waals surface area contributed by atoms with Gasteiger partial charge in [-0.05, 0) is 11.1 Å². The Morgan fingerprint density at radius 3 is 2.89 bits per heavy atom. The third kappa shape index (κ3) is 2.84. The predicted molar refractivity (Wildman–Crippen MR) is 68.7 cm³/mol. The summed E-state index contributed by atoms with van der Waals surface area (Å²) in [5.74, 6) is 0. The predicted octanol–water partition coefficient (Wildman–Crippen LogP) is -1.06. The van der Waals surface area contributed by atoms with Gasteiger partial charge in [-0.15, -0.1) is 0 Å². The number of aliphatic hydroxyl groups excluding tert-OH is 2. The van der Waals surface area contributed by atoms with Gasteiger partial charge in [0.25, 0.3) is 5.56 Å². The summed E-state index contributed by atoms with van der Waals surface area (Å²) in [5, 5.41) is 22.5. The van der Waals surface area contributed by atoms with Crippen molar-refractivity contribution in [3.8, 4) is 0 Å². The Balaban J connectivity index is 2.38. The van der Waals surface area contributed by atoms with Crippen molar-refractivity contribution >= 4 is 22.0 Å². The first-order valence-corrected chi connectivity index (χ1v) is 6.42. The Kier molecular flexibility index (Phi) is 4.30. The van der Waals surface area contributed by atoms with E-state index < -0.39 is 29.7 Å². The molecular formula is C10H12BrN3O5. The van der Waals surface area contributed by atoms with Crippen LogP contribution in [0.2, 0.25) is 0 Å². The summed E-state index contributed by atoms with van der Waals surface area (Å²) in [6.07, 6.45) is -0.976. The lowest BCUT2D eigenvalue weighted by atomic mass is 10.2. The second kappa shape index (κ2) is 5.78. The fraction of sp³-hybridized carbons (Fsp3) is 0.500. The van der Waals surface area contributed by atoms with Gasteiger partial charge < -0.3 is 14.9 Å². The van der Waals surface area contributed by atoms with Crippen LogP contribution in [0.5, 0.6) is 0 Å². The van der Waals surface area contributed by atoms with Gasteiger partial charge in [0.1, 0.15) is 11.8 Å². The quantitative estimate of drug-likeness (QED) is 0.649. The zero-order valence-electron chi connectivity index (χ0n) is 9.69. The number of aromatic amines is 1. The number of hydrogen-bond donors (Lipinski definition) is 3. The molecule has 2 heterocycles. The minimum absolute atomic E-state index is 0.0296. The van der Waals surface area contributed by atoms with Crippen LogP contribution in [0.4, 0.5) is 0 Å². The van der Waals surface area contributed by atoms with E-state index in [0.29, 0.717) is 0 Å². The van der Waals surface area contributed by atoms with Crippen LogP contribution in [0, 0.1) is 0 Å². The largest absolute Gasteiger partial charge is 0.394 e. The molecule has 1 aliphatic rings. The first-order chi connectivity index (χ1) is 9.06. The number of H-pyrrole nitrogens is 1. The topological polar surface area (TPSA) is 117 Å². The van der Waals surface area contributed by atoms with Crippen LogP contribution in [0.3, 0.4) is 0 Å². The van der Waals surface area contributed by atoms with E-state index in [1.807, 2.05) is 0 Å². The van der Waals surface area contributed by atoms with Crippen LogP contribution in [-0.4, -0.2) is 43.8 Å². The molecule has 0 saturated carbocycles. The highest BCUT2D eigenvalue weighted by atomic mass is 79.9. The van der Waals surface area contributed by atoms with Gasteiger partial charge in [0.05, 0.1) is 12.7 Å². The number of ether oxygens (including phenoxy) is 1. The summed E-state index contributed by atoms with van der Waals surface area (Å²) in [6, 6.07) is 0. The number of halogens is 1. The molecule has 0 unspecified atom stereocenters. The number of nitrogens with one attached hydrogen (secondary N) is 1. The Hall–Kier alpha value is -1.29. The van der Waals surface area contributed by atoms with Crippen molar-refractivity contribution in [2.45, 2.75) is 24.9 Å². The molecule has 0 amide bonds. The molecule has 1 saturated heterocycles. The van der Waals surface area contributed by atoms with Gasteiger partial charge in [0.2, 0.25) is 0 Å². The van der Waals surface area contributed by atoms with Crippen LogP contribution in [0.25, 0.3) is 6.08 Å². The molecule has 3 N–H and O–H groups in total. The Morgan fingerprint density at radius 1 is 1.58 bits per heavy atom. The maximum absolute atomic E-state index is 11.7.